The molecule has 1 unspecified atom stereocenters. The summed E-state index contributed by atoms with van der Waals surface area (Å²) in [6.07, 6.45) is 0.417. The molecule has 1 heterocycles. The lowest BCUT2D eigenvalue weighted by Crippen LogP contribution is -2.44. The van der Waals surface area contributed by atoms with Crippen molar-refractivity contribution in [1.29, 1.82) is 0 Å². The Hall–Kier alpha value is -4.57. The number of hydrogen-bond acceptors (Lipinski definition) is 6. The first-order chi connectivity index (χ1) is 22.9. The fraction of sp³-hybridized carbons (Fsp3) is 0.308. The molecule has 0 aliphatic carbocycles. The molecule has 0 fully saturated rings. The zero-order valence-electron chi connectivity index (χ0n) is 28.4. The molecule has 5 rings (SSSR count). The average molecular weight is 664 g/mol. The van der Waals surface area contributed by atoms with E-state index in [-0.39, 0.29) is 27.3 Å². The van der Waals surface area contributed by atoms with Crippen molar-refractivity contribution in [2.45, 2.75) is 64.6 Å². The van der Waals surface area contributed by atoms with Crippen LogP contribution in [0.3, 0.4) is 0 Å². The lowest BCUT2D eigenvalue weighted by atomic mass is 10.0. The van der Waals surface area contributed by atoms with Gasteiger partial charge in [0.05, 0.1) is 16.5 Å². The summed E-state index contributed by atoms with van der Waals surface area (Å²) in [5.74, 6) is 0.612. The number of hydrogen-bond donors (Lipinski definition) is 1. The molecular weight excluding hydrogens is 619 g/mol. The Morgan fingerprint density at radius 2 is 1.48 bits per heavy atom. The molecule has 0 aliphatic rings. The maximum Gasteiger partial charge on any atom is 0.269 e. The van der Waals surface area contributed by atoms with Gasteiger partial charge in [-0.05, 0) is 58.9 Å². The SMILES string of the molecule is CC(C)(C)[Si](C)(C)OC(CN(CCc1ccc([N+](=O)[O-])cc1)Cc1ccccc1)c1ccc(OCc2ccccc2)c2[nH]c(=O)ccc12. The minimum Gasteiger partial charge on any atom is -0.487 e. The highest BCUT2D eigenvalue weighted by Gasteiger charge is 2.40. The summed E-state index contributed by atoms with van der Waals surface area (Å²) in [4.78, 5) is 28.9. The smallest absolute Gasteiger partial charge is 0.269 e. The van der Waals surface area contributed by atoms with E-state index >= 15 is 0 Å². The van der Waals surface area contributed by atoms with Gasteiger partial charge in [-0.25, -0.2) is 0 Å². The monoisotopic (exact) mass is 663 g/mol. The van der Waals surface area contributed by atoms with E-state index in [0.29, 0.717) is 31.0 Å². The molecule has 9 heteroatoms. The first-order valence-electron chi connectivity index (χ1n) is 16.4. The van der Waals surface area contributed by atoms with Gasteiger partial charge in [-0.1, -0.05) is 99.6 Å². The van der Waals surface area contributed by atoms with Gasteiger partial charge in [0.2, 0.25) is 5.56 Å². The van der Waals surface area contributed by atoms with Gasteiger partial charge in [-0.2, -0.15) is 0 Å². The third-order valence-corrected chi connectivity index (χ3v) is 13.7. The lowest BCUT2D eigenvalue weighted by Gasteiger charge is -2.41. The molecule has 0 saturated heterocycles. The highest BCUT2D eigenvalue weighted by atomic mass is 28.4. The molecule has 1 N–H and O–H groups in total. The zero-order chi connectivity index (χ0) is 34.3. The van der Waals surface area contributed by atoms with E-state index in [1.165, 1.54) is 5.56 Å². The number of aromatic nitrogens is 1. The van der Waals surface area contributed by atoms with Gasteiger partial charge in [-0.3, -0.25) is 19.8 Å². The van der Waals surface area contributed by atoms with Crippen molar-refractivity contribution in [3.8, 4) is 5.75 Å². The summed E-state index contributed by atoms with van der Waals surface area (Å²) in [5, 5.41) is 12.1. The molecule has 0 bridgehead atoms. The van der Waals surface area contributed by atoms with Gasteiger partial charge >= 0.3 is 0 Å². The van der Waals surface area contributed by atoms with Crippen molar-refractivity contribution < 1.29 is 14.1 Å². The highest BCUT2D eigenvalue weighted by molar-refractivity contribution is 6.74. The number of nitrogens with one attached hydrogen (secondary N) is 1. The first kappa shape index (κ1) is 34.8. The van der Waals surface area contributed by atoms with E-state index in [4.69, 9.17) is 9.16 Å². The van der Waals surface area contributed by atoms with Gasteiger partial charge in [-0.15, -0.1) is 0 Å². The second-order valence-electron chi connectivity index (χ2n) is 13.8. The van der Waals surface area contributed by atoms with Crippen LogP contribution in [-0.2, 0) is 24.0 Å². The summed E-state index contributed by atoms with van der Waals surface area (Å²) >= 11 is 0. The van der Waals surface area contributed by atoms with Crippen LogP contribution >= 0.6 is 0 Å². The topological polar surface area (TPSA) is 97.7 Å². The summed E-state index contributed by atoms with van der Waals surface area (Å²) in [6.45, 7) is 13.7. The zero-order valence-corrected chi connectivity index (χ0v) is 29.4. The van der Waals surface area contributed by atoms with E-state index in [0.717, 1.165) is 35.0 Å². The van der Waals surface area contributed by atoms with Crippen molar-refractivity contribution in [2.24, 2.45) is 0 Å². The molecule has 250 valence electrons. The quantitative estimate of drug-likeness (QED) is 0.0725. The number of rotatable bonds is 14. The summed E-state index contributed by atoms with van der Waals surface area (Å²) in [5.41, 5.74) is 4.79. The number of non-ortho nitro benzene ring substituents is 1. The summed E-state index contributed by atoms with van der Waals surface area (Å²) in [6, 6.07) is 34.6. The van der Waals surface area contributed by atoms with E-state index < -0.39 is 8.32 Å². The Balaban J connectivity index is 1.52. The Labute approximate surface area is 283 Å². The maximum absolute atomic E-state index is 12.6. The van der Waals surface area contributed by atoms with E-state index in [1.807, 2.05) is 72.8 Å². The van der Waals surface area contributed by atoms with Crippen LogP contribution in [0.2, 0.25) is 18.1 Å². The minimum absolute atomic E-state index is 0.0306. The predicted molar refractivity (Wildman–Crippen MR) is 195 cm³/mol. The van der Waals surface area contributed by atoms with Gasteiger partial charge in [0.15, 0.2) is 8.32 Å². The molecule has 48 heavy (non-hydrogen) atoms. The van der Waals surface area contributed by atoms with Crippen LogP contribution in [0.25, 0.3) is 10.9 Å². The largest absolute Gasteiger partial charge is 0.487 e. The molecular formula is C39H45N3O5Si. The number of H-pyrrole nitrogens is 1. The number of aromatic amines is 1. The number of pyridine rings is 1. The van der Waals surface area contributed by atoms with Crippen molar-refractivity contribution in [2.75, 3.05) is 13.1 Å². The molecule has 1 atom stereocenters. The minimum atomic E-state index is -2.28. The number of fused-ring (bicyclic) bond motifs is 1. The van der Waals surface area contributed by atoms with Crippen LogP contribution in [-0.4, -0.2) is 36.2 Å². The number of nitrogens with zero attached hydrogens (tertiary/aromatic N) is 2. The third kappa shape index (κ3) is 8.86. The number of nitro groups is 1. The highest BCUT2D eigenvalue weighted by Crippen LogP contribution is 2.42. The molecule has 4 aromatic carbocycles. The molecule has 0 spiro atoms. The van der Waals surface area contributed by atoms with Crippen molar-refractivity contribution in [1.82, 2.24) is 9.88 Å². The Morgan fingerprint density at radius 3 is 2.10 bits per heavy atom. The second kappa shape index (κ2) is 15.1. The van der Waals surface area contributed by atoms with E-state index in [1.54, 1.807) is 18.2 Å². The Kier molecular flexibility index (Phi) is 10.9. The fourth-order valence-electron chi connectivity index (χ4n) is 5.50. The van der Waals surface area contributed by atoms with Crippen LogP contribution < -0.4 is 10.3 Å². The number of nitro benzene ring substituents is 1. The number of benzene rings is 4. The Morgan fingerprint density at radius 1 is 0.833 bits per heavy atom. The summed E-state index contributed by atoms with van der Waals surface area (Å²) < 4.78 is 13.5. The molecule has 8 nitrogen and oxygen atoms in total. The maximum atomic E-state index is 12.6. The van der Waals surface area contributed by atoms with Crippen LogP contribution in [0.1, 0.15) is 49.1 Å². The van der Waals surface area contributed by atoms with Crippen molar-refractivity contribution in [3.63, 3.8) is 0 Å². The number of ether oxygens (including phenoxy) is 1. The standard InChI is InChI=1S/C39H45N3O5Si/c1-39(2,3)48(4,5)47-36(27-41(26-30-12-8-6-9-13-30)25-24-29-16-18-32(19-17-29)42(44)45)33-20-22-35(38-34(33)21-23-37(43)40-38)46-28-31-14-10-7-11-15-31/h6-23,36H,24-28H2,1-5H3,(H,40,43). The van der Waals surface area contributed by atoms with Crippen LogP contribution in [0.15, 0.2) is 114 Å². The van der Waals surface area contributed by atoms with Gasteiger partial charge in [0.25, 0.3) is 5.69 Å². The van der Waals surface area contributed by atoms with E-state index in [2.05, 4.69) is 61.9 Å². The van der Waals surface area contributed by atoms with Gasteiger partial charge < -0.3 is 14.1 Å². The molecule has 1 aromatic heterocycles. The lowest BCUT2D eigenvalue weighted by molar-refractivity contribution is -0.384. The van der Waals surface area contributed by atoms with Crippen LogP contribution in [0, 0.1) is 10.1 Å². The van der Waals surface area contributed by atoms with Crippen LogP contribution in [0.5, 0.6) is 5.75 Å². The molecule has 0 radical (unpaired) electrons. The van der Waals surface area contributed by atoms with Gasteiger partial charge in [0.1, 0.15) is 12.4 Å². The average Bonchev–Trinajstić information content (AvgIpc) is 3.06. The normalized spacial score (nSPS) is 12.7. The van der Waals surface area contributed by atoms with Gasteiger partial charge in [0, 0.05) is 43.2 Å². The summed E-state index contributed by atoms with van der Waals surface area (Å²) in [7, 11) is -2.28. The van der Waals surface area contributed by atoms with Crippen molar-refractivity contribution in [3.05, 3.63) is 152 Å². The van der Waals surface area contributed by atoms with E-state index in [9.17, 15) is 14.9 Å². The fourth-order valence-corrected chi connectivity index (χ4v) is 6.76. The Bertz CT molecular complexity index is 1870. The molecule has 5 aromatic rings. The predicted octanol–water partition coefficient (Wildman–Crippen LogP) is 8.82. The van der Waals surface area contributed by atoms with Crippen molar-refractivity contribution >= 4 is 24.9 Å². The molecule has 0 amide bonds. The molecule has 0 saturated carbocycles. The second-order valence-corrected chi connectivity index (χ2v) is 18.6. The first-order valence-corrected chi connectivity index (χ1v) is 19.3. The van der Waals surface area contributed by atoms with Crippen LogP contribution in [0.4, 0.5) is 5.69 Å². The third-order valence-electron chi connectivity index (χ3n) is 9.25. The molecule has 0 aliphatic heterocycles.